The molecule has 0 saturated carbocycles. The number of rotatable bonds is 6. The Kier molecular flexibility index (Phi) is 5.74. The van der Waals surface area contributed by atoms with E-state index in [2.05, 4.69) is 10.3 Å². The third kappa shape index (κ3) is 3.89. The summed E-state index contributed by atoms with van der Waals surface area (Å²) in [5, 5.41) is 14.7. The monoisotopic (exact) mass is 398 g/mol. The number of nitrogens with one attached hydrogen (secondary N) is 1. The van der Waals surface area contributed by atoms with Crippen LogP contribution in [0, 0.1) is 17.0 Å². The SMILES string of the molecule is CCn1c(SCC(=O)Nc2cccc([N+](=O)[O-])c2C)nc2ccccc2c1=O. The molecule has 0 aliphatic carbocycles. The Balaban J connectivity index is 1.79. The molecule has 1 heterocycles. The first-order valence-corrected chi connectivity index (χ1v) is 9.57. The average Bonchev–Trinajstić information content (AvgIpc) is 2.68. The van der Waals surface area contributed by atoms with Gasteiger partial charge in [-0.15, -0.1) is 0 Å². The van der Waals surface area contributed by atoms with Crippen molar-refractivity contribution in [1.29, 1.82) is 0 Å². The van der Waals surface area contributed by atoms with Crippen LogP contribution in [0.25, 0.3) is 10.9 Å². The number of thioether (sulfide) groups is 1. The summed E-state index contributed by atoms with van der Waals surface area (Å²) < 4.78 is 1.53. The second kappa shape index (κ2) is 8.22. The van der Waals surface area contributed by atoms with E-state index in [4.69, 9.17) is 0 Å². The molecular weight excluding hydrogens is 380 g/mol. The van der Waals surface area contributed by atoms with Gasteiger partial charge in [0.1, 0.15) is 0 Å². The van der Waals surface area contributed by atoms with Crippen LogP contribution in [0.15, 0.2) is 52.4 Å². The van der Waals surface area contributed by atoms with Crippen LogP contribution in [0.3, 0.4) is 0 Å². The maximum absolute atomic E-state index is 12.6. The molecule has 1 amide bonds. The summed E-state index contributed by atoms with van der Waals surface area (Å²) in [5.74, 6) is -0.314. The van der Waals surface area contributed by atoms with Crippen LogP contribution >= 0.6 is 11.8 Å². The molecule has 0 saturated heterocycles. The van der Waals surface area contributed by atoms with Crippen molar-refractivity contribution in [3.8, 4) is 0 Å². The summed E-state index contributed by atoms with van der Waals surface area (Å²) in [6.45, 7) is 3.86. The minimum Gasteiger partial charge on any atom is -0.325 e. The lowest BCUT2D eigenvalue weighted by Gasteiger charge is -2.12. The predicted octanol–water partition coefficient (Wildman–Crippen LogP) is 3.36. The molecule has 3 aromatic rings. The summed E-state index contributed by atoms with van der Waals surface area (Å²) in [6, 6.07) is 11.6. The zero-order valence-corrected chi connectivity index (χ0v) is 16.2. The number of aromatic nitrogens is 2. The highest BCUT2D eigenvalue weighted by molar-refractivity contribution is 7.99. The number of hydrogen-bond acceptors (Lipinski definition) is 6. The van der Waals surface area contributed by atoms with Crippen molar-refractivity contribution in [2.45, 2.75) is 25.5 Å². The van der Waals surface area contributed by atoms with E-state index in [9.17, 15) is 19.7 Å². The molecule has 0 unspecified atom stereocenters. The van der Waals surface area contributed by atoms with E-state index in [0.717, 1.165) is 11.8 Å². The van der Waals surface area contributed by atoms with Crippen LogP contribution in [0.1, 0.15) is 12.5 Å². The maximum Gasteiger partial charge on any atom is 0.274 e. The molecule has 2 aromatic carbocycles. The number of hydrogen-bond donors (Lipinski definition) is 1. The van der Waals surface area contributed by atoms with Crippen LogP contribution in [-0.2, 0) is 11.3 Å². The predicted molar refractivity (Wildman–Crippen MR) is 109 cm³/mol. The quantitative estimate of drug-likeness (QED) is 0.295. The van der Waals surface area contributed by atoms with Gasteiger partial charge in [-0.25, -0.2) is 4.98 Å². The Hall–Kier alpha value is -3.20. The molecule has 1 N–H and O–H groups in total. The van der Waals surface area contributed by atoms with E-state index in [-0.39, 0.29) is 22.9 Å². The summed E-state index contributed by atoms with van der Waals surface area (Å²) in [7, 11) is 0. The molecule has 0 atom stereocenters. The molecule has 28 heavy (non-hydrogen) atoms. The van der Waals surface area contributed by atoms with Gasteiger partial charge in [-0.05, 0) is 32.0 Å². The molecule has 0 radical (unpaired) electrons. The Bertz CT molecular complexity index is 1130. The van der Waals surface area contributed by atoms with Crippen LogP contribution < -0.4 is 10.9 Å². The lowest BCUT2D eigenvalue weighted by molar-refractivity contribution is -0.385. The number of para-hydroxylation sites is 1. The molecule has 0 bridgehead atoms. The zero-order chi connectivity index (χ0) is 20.3. The van der Waals surface area contributed by atoms with Gasteiger partial charge in [0.25, 0.3) is 11.2 Å². The van der Waals surface area contributed by atoms with Crippen molar-refractivity contribution in [1.82, 2.24) is 9.55 Å². The highest BCUT2D eigenvalue weighted by Crippen LogP contribution is 2.25. The molecule has 0 fully saturated rings. The molecule has 0 spiro atoms. The minimum absolute atomic E-state index is 0.0207. The van der Waals surface area contributed by atoms with E-state index in [1.807, 2.05) is 6.92 Å². The number of nitro benzene ring substituents is 1. The van der Waals surface area contributed by atoms with Crippen molar-refractivity contribution in [2.75, 3.05) is 11.1 Å². The first-order chi connectivity index (χ1) is 13.4. The average molecular weight is 398 g/mol. The second-order valence-electron chi connectivity index (χ2n) is 6.00. The largest absolute Gasteiger partial charge is 0.325 e. The van der Waals surface area contributed by atoms with Gasteiger partial charge >= 0.3 is 0 Å². The first kappa shape index (κ1) is 19.6. The van der Waals surface area contributed by atoms with Crippen molar-refractivity contribution >= 4 is 39.9 Å². The Morgan fingerprint density at radius 2 is 2.00 bits per heavy atom. The number of nitrogens with zero attached hydrogens (tertiary/aromatic N) is 3. The lowest BCUT2D eigenvalue weighted by atomic mass is 10.1. The molecule has 0 aliphatic rings. The number of amides is 1. The van der Waals surface area contributed by atoms with Crippen molar-refractivity contribution in [3.63, 3.8) is 0 Å². The maximum atomic E-state index is 12.6. The smallest absolute Gasteiger partial charge is 0.274 e. The Labute approximate surface area is 164 Å². The minimum atomic E-state index is -0.487. The third-order valence-corrected chi connectivity index (χ3v) is 5.23. The number of carbonyl (C=O) groups excluding carboxylic acids is 1. The molecular formula is C19H18N4O4S. The van der Waals surface area contributed by atoms with Crippen LogP contribution in [-0.4, -0.2) is 26.1 Å². The summed E-state index contributed by atoms with van der Waals surface area (Å²) in [5.41, 5.74) is 1.15. The number of benzene rings is 2. The fourth-order valence-corrected chi connectivity index (χ4v) is 3.67. The van der Waals surface area contributed by atoms with Crippen LogP contribution in [0.5, 0.6) is 0 Å². The first-order valence-electron chi connectivity index (χ1n) is 8.58. The molecule has 1 aromatic heterocycles. The molecule has 8 nitrogen and oxygen atoms in total. The number of nitro groups is 1. The van der Waals surface area contributed by atoms with Crippen molar-refractivity contribution < 1.29 is 9.72 Å². The fraction of sp³-hybridized carbons (Fsp3) is 0.211. The number of carbonyl (C=O) groups is 1. The topological polar surface area (TPSA) is 107 Å². The van der Waals surface area contributed by atoms with Gasteiger partial charge in [-0.1, -0.05) is 30.0 Å². The van der Waals surface area contributed by atoms with Crippen molar-refractivity contribution in [2.24, 2.45) is 0 Å². The highest BCUT2D eigenvalue weighted by Gasteiger charge is 2.16. The Morgan fingerprint density at radius 1 is 1.25 bits per heavy atom. The lowest BCUT2D eigenvalue weighted by Crippen LogP contribution is -2.23. The zero-order valence-electron chi connectivity index (χ0n) is 15.3. The Morgan fingerprint density at radius 3 is 2.71 bits per heavy atom. The standard InChI is InChI=1S/C19H18N4O4S/c1-3-22-18(25)13-7-4-5-8-15(13)21-19(22)28-11-17(24)20-14-9-6-10-16(12(14)2)23(26)27/h4-10H,3,11H2,1-2H3,(H,20,24). The summed E-state index contributed by atoms with van der Waals surface area (Å²) in [6.07, 6.45) is 0. The van der Waals surface area contributed by atoms with Crippen LogP contribution in [0.2, 0.25) is 0 Å². The van der Waals surface area contributed by atoms with Gasteiger partial charge in [-0.2, -0.15) is 0 Å². The van der Waals surface area contributed by atoms with Gasteiger partial charge in [0, 0.05) is 12.6 Å². The molecule has 144 valence electrons. The van der Waals surface area contributed by atoms with Crippen LogP contribution in [0.4, 0.5) is 11.4 Å². The second-order valence-corrected chi connectivity index (χ2v) is 6.95. The van der Waals surface area contributed by atoms with E-state index >= 15 is 0 Å². The summed E-state index contributed by atoms with van der Waals surface area (Å²) in [4.78, 5) is 40.0. The number of anilines is 1. The van der Waals surface area contributed by atoms with E-state index < -0.39 is 4.92 Å². The van der Waals surface area contributed by atoms with Gasteiger partial charge in [0.2, 0.25) is 5.91 Å². The molecule has 3 rings (SSSR count). The normalized spacial score (nSPS) is 10.8. The molecule has 0 aliphatic heterocycles. The van der Waals surface area contributed by atoms with E-state index in [1.54, 1.807) is 37.3 Å². The van der Waals surface area contributed by atoms with E-state index in [1.165, 1.54) is 16.7 Å². The van der Waals surface area contributed by atoms with Crippen molar-refractivity contribution in [3.05, 3.63) is 68.5 Å². The van der Waals surface area contributed by atoms with Gasteiger partial charge in [-0.3, -0.25) is 24.3 Å². The number of fused-ring (bicyclic) bond motifs is 1. The fourth-order valence-electron chi connectivity index (χ4n) is 2.81. The molecule has 9 heteroatoms. The van der Waals surface area contributed by atoms with Gasteiger partial charge in [0.15, 0.2) is 5.16 Å². The third-order valence-electron chi connectivity index (χ3n) is 4.25. The highest BCUT2D eigenvalue weighted by atomic mass is 32.2. The van der Waals surface area contributed by atoms with E-state index in [0.29, 0.717) is 33.9 Å². The summed E-state index contributed by atoms with van der Waals surface area (Å²) >= 11 is 1.15. The van der Waals surface area contributed by atoms with Gasteiger partial charge < -0.3 is 5.32 Å². The van der Waals surface area contributed by atoms with Gasteiger partial charge in [0.05, 0.1) is 32.8 Å².